The van der Waals surface area contributed by atoms with Crippen LogP contribution >= 0.6 is 15.9 Å². The van der Waals surface area contributed by atoms with Gasteiger partial charge in [0.2, 0.25) is 11.7 Å². The van der Waals surface area contributed by atoms with Gasteiger partial charge in [0.05, 0.1) is 22.5 Å². The molecule has 1 heterocycles. The molecule has 0 fully saturated rings. The molecule has 0 saturated heterocycles. The molecule has 1 aromatic heterocycles. The molecule has 0 unspecified atom stereocenters. The van der Waals surface area contributed by atoms with E-state index in [1.807, 2.05) is 6.07 Å². The lowest BCUT2D eigenvalue weighted by atomic mass is 10.1. The summed E-state index contributed by atoms with van der Waals surface area (Å²) in [4.78, 5) is 50.6. The molecular formula is C21H16BrN3O6. The smallest absolute Gasteiger partial charge is 0.306 e. The molecule has 1 amide bonds. The number of nitrogens with one attached hydrogen (secondary N) is 1. The van der Waals surface area contributed by atoms with Crippen LogP contribution < -0.4 is 5.32 Å². The summed E-state index contributed by atoms with van der Waals surface area (Å²) < 4.78 is 5.73. The van der Waals surface area contributed by atoms with Crippen molar-refractivity contribution in [2.24, 2.45) is 0 Å². The standard InChI is InChI=1S/C21H16BrN3O6/c22-16-6-7-17(21-15(16)5-2-10-23-21)24-19(27)8-9-20(28)31-12-18(26)13-3-1-4-14(11-13)25(29)30/h1-7,10-11H,8-9,12H2,(H,24,27). The zero-order chi connectivity index (χ0) is 22.4. The minimum atomic E-state index is -0.729. The Morgan fingerprint density at radius 1 is 1.10 bits per heavy atom. The lowest BCUT2D eigenvalue weighted by Gasteiger charge is -2.09. The second-order valence-corrected chi connectivity index (χ2v) is 7.29. The maximum absolute atomic E-state index is 12.2. The van der Waals surface area contributed by atoms with Crippen molar-refractivity contribution in [3.8, 4) is 0 Å². The number of anilines is 1. The molecule has 3 rings (SSSR count). The molecule has 0 radical (unpaired) electrons. The Morgan fingerprint density at radius 2 is 1.90 bits per heavy atom. The van der Waals surface area contributed by atoms with Gasteiger partial charge in [0.15, 0.2) is 6.61 Å². The quantitative estimate of drug-likeness (QED) is 0.220. The van der Waals surface area contributed by atoms with E-state index in [2.05, 4.69) is 26.2 Å². The summed E-state index contributed by atoms with van der Waals surface area (Å²) in [5.41, 5.74) is 0.950. The summed E-state index contributed by atoms with van der Waals surface area (Å²) in [6.07, 6.45) is 1.24. The first kappa shape index (κ1) is 22.0. The second-order valence-electron chi connectivity index (χ2n) is 6.43. The van der Waals surface area contributed by atoms with E-state index >= 15 is 0 Å². The molecule has 0 saturated carbocycles. The fraction of sp³-hybridized carbons (Fsp3) is 0.143. The topological polar surface area (TPSA) is 128 Å². The van der Waals surface area contributed by atoms with E-state index in [1.165, 1.54) is 18.2 Å². The summed E-state index contributed by atoms with van der Waals surface area (Å²) in [7, 11) is 0. The van der Waals surface area contributed by atoms with Crippen LogP contribution in [0.2, 0.25) is 0 Å². The molecule has 3 aromatic rings. The fourth-order valence-electron chi connectivity index (χ4n) is 2.76. The van der Waals surface area contributed by atoms with Gasteiger partial charge in [-0.05, 0) is 18.2 Å². The fourth-order valence-corrected chi connectivity index (χ4v) is 3.21. The maximum atomic E-state index is 12.2. The number of ether oxygens (including phenoxy) is 1. The highest BCUT2D eigenvalue weighted by atomic mass is 79.9. The van der Waals surface area contributed by atoms with E-state index in [-0.39, 0.29) is 24.1 Å². The molecule has 0 aliphatic heterocycles. The molecule has 0 aliphatic rings. The average molecular weight is 486 g/mol. The Hall–Kier alpha value is -3.66. The van der Waals surface area contributed by atoms with Gasteiger partial charge in [-0.1, -0.05) is 34.1 Å². The van der Waals surface area contributed by atoms with Crippen molar-refractivity contribution in [1.29, 1.82) is 0 Å². The lowest BCUT2D eigenvalue weighted by molar-refractivity contribution is -0.384. The molecule has 0 aliphatic carbocycles. The number of carbonyl (C=O) groups excluding carboxylic acids is 3. The average Bonchev–Trinajstić information content (AvgIpc) is 2.78. The van der Waals surface area contributed by atoms with Gasteiger partial charge >= 0.3 is 5.97 Å². The van der Waals surface area contributed by atoms with Gasteiger partial charge < -0.3 is 10.1 Å². The van der Waals surface area contributed by atoms with Gasteiger partial charge in [-0.15, -0.1) is 0 Å². The van der Waals surface area contributed by atoms with Gasteiger partial charge in [0.1, 0.15) is 0 Å². The molecule has 158 valence electrons. The monoisotopic (exact) mass is 485 g/mol. The number of nitro groups is 1. The molecule has 31 heavy (non-hydrogen) atoms. The molecular weight excluding hydrogens is 470 g/mol. The van der Waals surface area contributed by atoms with Crippen molar-refractivity contribution in [3.05, 3.63) is 74.9 Å². The third-order valence-electron chi connectivity index (χ3n) is 4.29. The number of rotatable bonds is 8. The highest BCUT2D eigenvalue weighted by Crippen LogP contribution is 2.28. The Morgan fingerprint density at radius 3 is 2.68 bits per heavy atom. The number of benzene rings is 2. The van der Waals surface area contributed by atoms with Gasteiger partial charge in [-0.2, -0.15) is 0 Å². The summed E-state index contributed by atoms with van der Waals surface area (Å²) in [5.74, 6) is -1.71. The van der Waals surface area contributed by atoms with E-state index in [9.17, 15) is 24.5 Å². The van der Waals surface area contributed by atoms with Crippen LogP contribution in [0.1, 0.15) is 23.2 Å². The van der Waals surface area contributed by atoms with Crippen molar-refractivity contribution < 1.29 is 24.0 Å². The van der Waals surface area contributed by atoms with E-state index < -0.39 is 29.2 Å². The predicted octanol–water partition coefficient (Wildman–Crippen LogP) is 4.05. The molecule has 10 heteroatoms. The number of esters is 1. The minimum Gasteiger partial charge on any atom is -0.457 e. The predicted molar refractivity (Wildman–Crippen MR) is 116 cm³/mol. The lowest BCUT2D eigenvalue weighted by Crippen LogP contribution is -2.17. The number of nitro benzene ring substituents is 1. The normalized spacial score (nSPS) is 10.5. The van der Waals surface area contributed by atoms with Crippen LogP contribution in [0, 0.1) is 10.1 Å². The molecule has 0 spiro atoms. The number of hydrogen-bond donors (Lipinski definition) is 1. The number of fused-ring (bicyclic) bond motifs is 1. The van der Waals surface area contributed by atoms with E-state index in [0.29, 0.717) is 11.2 Å². The number of hydrogen-bond acceptors (Lipinski definition) is 7. The number of ketones is 1. The summed E-state index contributed by atoms with van der Waals surface area (Å²) in [6.45, 7) is -0.567. The molecule has 1 N–H and O–H groups in total. The van der Waals surface area contributed by atoms with Crippen molar-refractivity contribution in [2.45, 2.75) is 12.8 Å². The van der Waals surface area contributed by atoms with Crippen molar-refractivity contribution >= 4 is 55.9 Å². The van der Waals surface area contributed by atoms with Crippen LogP contribution in [-0.2, 0) is 14.3 Å². The minimum absolute atomic E-state index is 0.0642. The van der Waals surface area contributed by atoms with Crippen LogP contribution in [0.5, 0.6) is 0 Å². The highest BCUT2D eigenvalue weighted by molar-refractivity contribution is 9.10. The first-order valence-corrected chi connectivity index (χ1v) is 9.91. The zero-order valence-corrected chi connectivity index (χ0v) is 17.6. The van der Waals surface area contributed by atoms with E-state index in [4.69, 9.17) is 4.74 Å². The number of carbonyl (C=O) groups is 3. The van der Waals surface area contributed by atoms with Crippen molar-refractivity contribution in [1.82, 2.24) is 4.98 Å². The Labute approximate surface area is 184 Å². The summed E-state index contributed by atoms with van der Waals surface area (Å²) in [5, 5.41) is 14.3. The third kappa shape index (κ3) is 5.70. The molecule has 0 bridgehead atoms. The number of halogens is 1. The Kier molecular flexibility index (Phi) is 7.03. The Bertz CT molecular complexity index is 1180. The highest BCUT2D eigenvalue weighted by Gasteiger charge is 2.15. The zero-order valence-electron chi connectivity index (χ0n) is 16.0. The number of Topliss-reactive ketones (excluding diaryl/α,β-unsaturated/α-hetero) is 1. The molecule has 0 atom stereocenters. The maximum Gasteiger partial charge on any atom is 0.306 e. The first-order chi connectivity index (χ1) is 14.8. The van der Waals surface area contributed by atoms with Gasteiger partial charge in [0.25, 0.3) is 5.69 Å². The number of non-ortho nitro benzene ring substituents is 1. The number of nitrogens with zero attached hydrogens (tertiary/aromatic N) is 2. The van der Waals surface area contributed by atoms with Gasteiger partial charge in [-0.3, -0.25) is 29.5 Å². The summed E-state index contributed by atoms with van der Waals surface area (Å²) >= 11 is 3.43. The van der Waals surface area contributed by atoms with Crippen LogP contribution in [0.3, 0.4) is 0 Å². The van der Waals surface area contributed by atoms with Crippen molar-refractivity contribution in [2.75, 3.05) is 11.9 Å². The van der Waals surface area contributed by atoms with E-state index in [1.54, 1.807) is 24.4 Å². The van der Waals surface area contributed by atoms with Gasteiger partial charge in [-0.25, -0.2) is 0 Å². The van der Waals surface area contributed by atoms with Crippen LogP contribution in [0.25, 0.3) is 10.9 Å². The Balaban J connectivity index is 1.50. The largest absolute Gasteiger partial charge is 0.457 e. The van der Waals surface area contributed by atoms with Crippen molar-refractivity contribution in [3.63, 3.8) is 0 Å². The van der Waals surface area contributed by atoms with Gasteiger partial charge in [0, 0.05) is 40.2 Å². The number of aromatic nitrogens is 1. The second kappa shape index (κ2) is 9.90. The third-order valence-corrected chi connectivity index (χ3v) is 4.98. The first-order valence-electron chi connectivity index (χ1n) is 9.11. The van der Waals surface area contributed by atoms with Crippen LogP contribution in [-0.4, -0.2) is 34.2 Å². The SMILES string of the molecule is O=C(CCC(=O)OCC(=O)c1cccc([N+](=O)[O-])c1)Nc1ccc(Br)c2cccnc12. The number of pyridine rings is 1. The molecule has 9 nitrogen and oxygen atoms in total. The van der Waals surface area contributed by atoms with Crippen LogP contribution in [0.4, 0.5) is 11.4 Å². The van der Waals surface area contributed by atoms with Crippen LogP contribution in [0.15, 0.2) is 59.2 Å². The summed E-state index contributed by atoms with van der Waals surface area (Å²) in [6, 6.07) is 12.3. The van der Waals surface area contributed by atoms with E-state index in [0.717, 1.165) is 15.9 Å². The number of amides is 1. The molecule has 2 aromatic carbocycles.